The number of carbonyl (C=O) groups is 2. The van der Waals surface area contributed by atoms with Crippen molar-refractivity contribution >= 4 is 50.7 Å². The van der Waals surface area contributed by atoms with Crippen LogP contribution < -0.4 is 14.4 Å². The van der Waals surface area contributed by atoms with E-state index >= 15 is 0 Å². The predicted octanol–water partition coefficient (Wildman–Crippen LogP) is 5.13. The SMILES string of the molecule is CC[C@@H](C(=O)NCC(C)C)N(Cc1ccc(Cl)c(Cl)c1)C(=O)CCCN(c1cccc(OC)c1)S(C)(=O)=O. The quantitative estimate of drug-likeness (QED) is 0.331. The first-order valence-electron chi connectivity index (χ1n) is 12.5. The Hall–Kier alpha value is -2.49. The molecule has 0 unspecified atom stereocenters. The molecule has 0 fully saturated rings. The summed E-state index contributed by atoms with van der Waals surface area (Å²) in [6.45, 7) is 6.59. The molecule has 2 amide bonds. The van der Waals surface area contributed by atoms with Gasteiger partial charge >= 0.3 is 0 Å². The van der Waals surface area contributed by atoms with Gasteiger partial charge in [-0.2, -0.15) is 0 Å². The minimum absolute atomic E-state index is 0.0469. The molecular weight excluding hydrogens is 549 g/mol. The van der Waals surface area contributed by atoms with Crippen LogP contribution in [0.5, 0.6) is 5.75 Å². The van der Waals surface area contributed by atoms with Crippen LogP contribution in [0.25, 0.3) is 0 Å². The maximum Gasteiger partial charge on any atom is 0.242 e. The fourth-order valence-corrected chi connectivity index (χ4v) is 5.22. The van der Waals surface area contributed by atoms with E-state index in [4.69, 9.17) is 27.9 Å². The second-order valence-corrected chi connectivity index (χ2v) is 12.2. The first-order valence-corrected chi connectivity index (χ1v) is 15.1. The summed E-state index contributed by atoms with van der Waals surface area (Å²) < 4.78 is 31.5. The second kappa shape index (κ2) is 14.6. The number of rotatable bonds is 14. The van der Waals surface area contributed by atoms with Crippen molar-refractivity contribution in [1.29, 1.82) is 0 Å². The number of amides is 2. The van der Waals surface area contributed by atoms with E-state index in [1.807, 2.05) is 20.8 Å². The lowest BCUT2D eigenvalue weighted by Crippen LogP contribution is -2.49. The van der Waals surface area contributed by atoms with Crippen molar-refractivity contribution in [2.45, 2.75) is 52.6 Å². The van der Waals surface area contributed by atoms with Crippen LogP contribution >= 0.6 is 23.2 Å². The van der Waals surface area contributed by atoms with Gasteiger partial charge in [-0.05, 0) is 48.6 Å². The molecule has 2 aromatic rings. The molecule has 0 heterocycles. The number of hydrogen-bond donors (Lipinski definition) is 1. The van der Waals surface area contributed by atoms with Gasteiger partial charge in [-0.15, -0.1) is 0 Å². The fourth-order valence-electron chi connectivity index (χ4n) is 3.95. The van der Waals surface area contributed by atoms with Gasteiger partial charge < -0.3 is 15.0 Å². The zero-order valence-corrected chi connectivity index (χ0v) is 24.9. The highest BCUT2D eigenvalue weighted by molar-refractivity contribution is 7.92. The van der Waals surface area contributed by atoms with Crippen LogP contribution in [0.3, 0.4) is 0 Å². The molecule has 0 saturated heterocycles. The van der Waals surface area contributed by atoms with Crippen molar-refractivity contribution in [2.24, 2.45) is 5.92 Å². The van der Waals surface area contributed by atoms with E-state index in [2.05, 4.69) is 5.32 Å². The number of anilines is 1. The van der Waals surface area contributed by atoms with Crippen LogP contribution in [0.1, 0.15) is 45.6 Å². The van der Waals surface area contributed by atoms with E-state index in [0.717, 1.165) is 11.8 Å². The Kier molecular flexibility index (Phi) is 12.2. The highest BCUT2D eigenvalue weighted by Gasteiger charge is 2.29. The molecule has 0 aliphatic rings. The number of carbonyl (C=O) groups excluding carboxylic acids is 2. The largest absolute Gasteiger partial charge is 0.497 e. The highest BCUT2D eigenvalue weighted by Crippen LogP contribution is 2.26. The molecular formula is C27H37Cl2N3O5S. The van der Waals surface area contributed by atoms with Crippen molar-refractivity contribution in [3.05, 3.63) is 58.1 Å². The molecule has 210 valence electrons. The molecule has 0 spiro atoms. The van der Waals surface area contributed by atoms with Gasteiger partial charge in [0, 0.05) is 32.1 Å². The molecule has 1 atom stereocenters. The van der Waals surface area contributed by atoms with Crippen molar-refractivity contribution < 1.29 is 22.7 Å². The Labute approximate surface area is 236 Å². The second-order valence-electron chi connectivity index (χ2n) is 9.47. The molecule has 0 aromatic heterocycles. The third-order valence-electron chi connectivity index (χ3n) is 5.90. The topological polar surface area (TPSA) is 96.0 Å². The number of methoxy groups -OCH3 is 1. The summed E-state index contributed by atoms with van der Waals surface area (Å²) >= 11 is 12.2. The molecule has 0 aliphatic heterocycles. The van der Waals surface area contributed by atoms with Crippen LogP contribution in [-0.2, 0) is 26.2 Å². The minimum Gasteiger partial charge on any atom is -0.497 e. The zero-order chi connectivity index (χ0) is 28.5. The number of sulfonamides is 1. The molecule has 0 bridgehead atoms. The molecule has 11 heteroatoms. The van der Waals surface area contributed by atoms with E-state index < -0.39 is 16.1 Å². The number of halogens is 2. The first kappa shape index (κ1) is 31.7. The van der Waals surface area contributed by atoms with E-state index in [9.17, 15) is 18.0 Å². The molecule has 0 saturated carbocycles. The summed E-state index contributed by atoms with van der Waals surface area (Å²) in [5, 5.41) is 3.68. The van der Waals surface area contributed by atoms with Crippen molar-refractivity contribution in [2.75, 3.05) is 30.8 Å². The molecule has 1 N–H and O–H groups in total. The standard InChI is InChI=1S/C27H37Cl2N3O5S/c1-6-25(27(34)30-17-19(2)3)31(18-20-12-13-23(28)24(29)15-20)26(33)11-8-14-32(38(5,35)36)21-9-7-10-22(16-21)37-4/h7,9-10,12-13,15-16,19,25H,6,8,11,14,17-18H2,1-5H3,(H,30,34)/t25-/m0/s1. The van der Waals surface area contributed by atoms with Gasteiger partial charge in [0.1, 0.15) is 11.8 Å². The van der Waals surface area contributed by atoms with Crippen molar-refractivity contribution in [3.8, 4) is 5.75 Å². The fraction of sp³-hybridized carbons (Fsp3) is 0.481. The number of benzene rings is 2. The van der Waals surface area contributed by atoms with E-state index in [1.165, 1.54) is 16.3 Å². The molecule has 2 aromatic carbocycles. The summed E-state index contributed by atoms with van der Waals surface area (Å²) in [6, 6.07) is 11.1. The van der Waals surface area contributed by atoms with Gasteiger partial charge in [0.05, 0.1) is 29.1 Å². The maximum atomic E-state index is 13.5. The lowest BCUT2D eigenvalue weighted by atomic mass is 10.1. The molecule has 38 heavy (non-hydrogen) atoms. The maximum absolute atomic E-state index is 13.5. The Bertz CT molecular complexity index is 1210. The third kappa shape index (κ3) is 9.36. The Morgan fingerprint density at radius 1 is 1.08 bits per heavy atom. The van der Waals surface area contributed by atoms with Crippen molar-refractivity contribution in [3.63, 3.8) is 0 Å². The van der Waals surface area contributed by atoms with Gasteiger partial charge in [-0.3, -0.25) is 13.9 Å². The number of nitrogens with one attached hydrogen (secondary N) is 1. The lowest BCUT2D eigenvalue weighted by Gasteiger charge is -2.31. The lowest BCUT2D eigenvalue weighted by molar-refractivity contribution is -0.141. The first-order chi connectivity index (χ1) is 17.9. The Morgan fingerprint density at radius 2 is 1.79 bits per heavy atom. The average molecular weight is 587 g/mol. The van der Waals surface area contributed by atoms with Gasteiger partial charge in [0.2, 0.25) is 21.8 Å². The normalized spacial score (nSPS) is 12.2. The van der Waals surface area contributed by atoms with E-state index in [1.54, 1.807) is 42.5 Å². The van der Waals surface area contributed by atoms with E-state index in [-0.39, 0.29) is 43.7 Å². The molecule has 8 nitrogen and oxygen atoms in total. The van der Waals surface area contributed by atoms with Crippen LogP contribution in [-0.4, -0.2) is 57.6 Å². The summed E-state index contributed by atoms with van der Waals surface area (Å²) in [7, 11) is -2.10. The summed E-state index contributed by atoms with van der Waals surface area (Å²) in [5.74, 6) is 0.290. The highest BCUT2D eigenvalue weighted by atomic mass is 35.5. The average Bonchev–Trinajstić information content (AvgIpc) is 2.86. The third-order valence-corrected chi connectivity index (χ3v) is 7.83. The van der Waals surface area contributed by atoms with E-state index in [0.29, 0.717) is 34.4 Å². The number of ether oxygens (including phenoxy) is 1. The molecule has 2 rings (SSSR count). The van der Waals surface area contributed by atoms with Gasteiger partial charge in [-0.25, -0.2) is 8.42 Å². The van der Waals surface area contributed by atoms with Gasteiger partial charge in [0.25, 0.3) is 0 Å². The molecule has 0 radical (unpaired) electrons. The van der Waals surface area contributed by atoms with Gasteiger partial charge in [0.15, 0.2) is 0 Å². The van der Waals surface area contributed by atoms with Gasteiger partial charge in [-0.1, -0.05) is 56.1 Å². The van der Waals surface area contributed by atoms with Crippen LogP contribution in [0, 0.1) is 5.92 Å². The monoisotopic (exact) mass is 585 g/mol. The number of nitrogens with zero attached hydrogens (tertiary/aromatic N) is 2. The molecule has 0 aliphatic carbocycles. The number of hydrogen-bond acceptors (Lipinski definition) is 5. The summed E-state index contributed by atoms with van der Waals surface area (Å²) in [4.78, 5) is 28.1. The van der Waals surface area contributed by atoms with Crippen LogP contribution in [0.15, 0.2) is 42.5 Å². The van der Waals surface area contributed by atoms with Crippen LogP contribution in [0.4, 0.5) is 5.69 Å². The predicted molar refractivity (Wildman–Crippen MR) is 153 cm³/mol. The smallest absolute Gasteiger partial charge is 0.242 e. The Morgan fingerprint density at radius 3 is 2.37 bits per heavy atom. The van der Waals surface area contributed by atoms with Crippen molar-refractivity contribution in [1.82, 2.24) is 10.2 Å². The van der Waals surface area contributed by atoms with Crippen LogP contribution in [0.2, 0.25) is 10.0 Å². The Balaban J connectivity index is 2.25. The zero-order valence-electron chi connectivity index (χ0n) is 22.5. The minimum atomic E-state index is -3.61. The summed E-state index contributed by atoms with van der Waals surface area (Å²) in [5.41, 5.74) is 1.18. The summed E-state index contributed by atoms with van der Waals surface area (Å²) in [6.07, 6.45) is 1.84.